The maximum Gasteiger partial charge on any atom is 0.141 e. The highest BCUT2D eigenvalue weighted by molar-refractivity contribution is 7.13. The van der Waals surface area contributed by atoms with Crippen molar-refractivity contribution in [3.05, 3.63) is 34.4 Å². The van der Waals surface area contributed by atoms with E-state index in [4.69, 9.17) is 17.3 Å². The number of rotatable bonds is 1. The van der Waals surface area contributed by atoms with E-state index < -0.39 is 5.82 Å². The second-order valence-electron chi connectivity index (χ2n) is 2.71. The Bertz CT molecular complexity index is 470. The number of nitrogen functional groups attached to an aromatic ring is 1. The SMILES string of the molecule is Nc1csc(-c2ccc(F)c(Cl)c2)n1. The maximum absolute atomic E-state index is 12.8. The van der Waals surface area contributed by atoms with Crippen molar-refractivity contribution < 1.29 is 4.39 Å². The van der Waals surface area contributed by atoms with Gasteiger partial charge in [0.1, 0.15) is 16.6 Å². The summed E-state index contributed by atoms with van der Waals surface area (Å²) in [5.74, 6) is 0.0328. The van der Waals surface area contributed by atoms with Crippen LogP contribution in [0.15, 0.2) is 23.6 Å². The number of aromatic nitrogens is 1. The van der Waals surface area contributed by atoms with Crippen molar-refractivity contribution >= 4 is 28.8 Å². The van der Waals surface area contributed by atoms with Gasteiger partial charge >= 0.3 is 0 Å². The Balaban J connectivity index is 2.47. The average Bonchev–Trinajstić information content (AvgIpc) is 2.57. The highest BCUT2D eigenvalue weighted by Gasteiger charge is 2.05. The molecule has 1 aromatic carbocycles. The molecule has 0 saturated carbocycles. The van der Waals surface area contributed by atoms with Gasteiger partial charge in [-0.1, -0.05) is 11.6 Å². The number of nitrogens with two attached hydrogens (primary N) is 1. The van der Waals surface area contributed by atoms with Crippen LogP contribution in [-0.2, 0) is 0 Å². The van der Waals surface area contributed by atoms with Crippen LogP contribution in [0.25, 0.3) is 10.6 Å². The summed E-state index contributed by atoms with van der Waals surface area (Å²) < 4.78 is 12.8. The van der Waals surface area contributed by atoms with Crippen LogP contribution in [0, 0.1) is 5.82 Å². The first-order chi connectivity index (χ1) is 6.66. The third kappa shape index (κ3) is 1.71. The molecule has 1 heterocycles. The zero-order chi connectivity index (χ0) is 10.1. The van der Waals surface area contributed by atoms with Gasteiger partial charge in [0, 0.05) is 10.9 Å². The number of hydrogen-bond acceptors (Lipinski definition) is 3. The molecule has 5 heteroatoms. The molecule has 2 aromatic rings. The molecule has 72 valence electrons. The monoisotopic (exact) mass is 228 g/mol. The van der Waals surface area contributed by atoms with Gasteiger partial charge in [0.05, 0.1) is 5.02 Å². The van der Waals surface area contributed by atoms with Crippen LogP contribution in [0.2, 0.25) is 5.02 Å². The van der Waals surface area contributed by atoms with E-state index in [2.05, 4.69) is 4.98 Å². The summed E-state index contributed by atoms with van der Waals surface area (Å²) in [4.78, 5) is 4.07. The van der Waals surface area contributed by atoms with Crippen LogP contribution < -0.4 is 5.73 Å². The fourth-order valence-corrected chi connectivity index (χ4v) is 1.93. The maximum atomic E-state index is 12.8. The molecular formula is C9H6ClFN2S. The number of anilines is 1. The fraction of sp³-hybridized carbons (Fsp3) is 0. The minimum atomic E-state index is -0.431. The largest absolute Gasteiger partial charge is 0.383 e. The summed E-state index contributed by atoms with van der Waals surface area (Å²) in [6.07, 6.45) is 0. The molecule has 1 aromatic heterocycles. The Kier molecular flexibility index (Phi) is 2.39. The molecule has 0 amide bonds. The third-order valence-electron chi connectivity index (χ3n) is 1.69. The molecule has 0 aliphatic carbocycles. The standard InChI is InChI=1S/C9H6ClFN2S/c10-6-3-5(1-2-7(6)11)9-13-8(12)4-14-9/h1-4H,12H2. The van der Waals surface area contributed by atoms with Gasteiger partial charge in [0.15, 0.2) is 0 Å². The lowest BCUT2D eigenvalue weighted by Crippen LogP contribution is -1.84. The zero-order valence-corrected chi connectivity index (χ0v) is 8.57. The summed E-state index contributed by atoms with van der Waals surface area (Å²) >= 11 is 7.04. The molecule has 2 N–H and O–H groups in total. The van der Waals surface area contributed by atoms with Crippen LogP contribution in [0.1, 0.15) is 0 Å². The summed E-state index contributed by atoms with van der Waals surface area (Å²) in [7, 11) is 0. The Morgan fingerprint density at radius 2 is 2.21 bits per heavy atom. The second-order valence-corrected chi connectivity index (χ2v) is 3.97. The molecule has 0 unspecified atom stereocenters. The minimum absolute atomic E-state index is 0.0938. The van der Waals surface area contributed by atoms with Crippen molar-refractivity contribution in [1.29, 1.82) is 0 Å². The van der Waals surface area contributed by atoms with Gasteiger partial charge in [0.25, 0.3) is 0 Å². The molecule has 2 nitrogen and oxygen atoms in total. The van der Waals surface area contributed by atoms with E-state index in [9.17, 15) is 4.39 Å². The smallest absolute Gasteiger partial charge is 0.141 e. The Hall–Kier alpha value is -1.13. The quantitative estimate of drug-likeness (QED) is 0.814. The van der Waals surface area contributed by atoms with Gasteiger partial charge in [-0.05, 0) is 18.2 Å². The van der Waals surface area contributed by atoms with Crippen LogP contribution in [0.4, 0.5) is 10.2 Å². The van der Waals surface area contributed by atoms with Gasteiger partial charge in [-0.25, -0.2) is 9.37 Å². The average molecular weight is 229 g/mol. The molecule has 0 spiro atoms. The molecular weight excluding hydrogens is 223 g/mol. The second kappa shape index (κ2) is 3.55. The van der Waals surface area contributed by atoms with Crippen molar-refractivity contribution in [2.24, 2.45) is 0 Å². The Morgan fingerprint density at radius 1 is 1.43 bits per heavy atom. The van der Waals surface area contributed by atoms with Gasteiger partial charge < -0.3 is 5.73 Å². The van der Waals surface area contributed by atoms with Gasteiger partial charge in [-0.3, -0.25) is 0 Å². The van der Waals surface area contributed by atoms with Gasteiger partial charge in [-0.2, -0.15) is 0 Å². The molecule has 0 aliphatic rings. The molecule has 2 rings (SSSR count). The molecule has 14 heavy (non-hydrogen) atoms. The van der Waals surface area contributed by atoms with Crippen LogP contribution in [0.5, 0.6) is 0 Å². The highest BCUT2D eigenvalue weighted by atomic mass is 35.5. The number of halogens is 2. The highest BCUT2D eigenvalue weighted by Crippen LogP contribution is 2.27. The predicted octanol–water partition coefficient (Wildman–Crippen LogP) is 3.18. The first kappa shape index (κ1) is 9.43. The first-order valence-corrected chi connectivity index (χ1v) is 5.09. The van der Waals surface area contributed by atoms with Gasteiger partial charge in [-0.15, -0.1) is 11.3 Å². The van der Waals surface area contributed by atoms with E-state index in [1.807, 2.05) is 0 Å². The first-order valence-electron chi connectivity index (χ1n) is 3.83. The van der Waals surface area contributed by atoms with Crippen LogP contribution >= 0.6 is 22.9 Å². The number of thiazole rings is 1. The summed E-state index contributed by atoms with van der Waals surface area (Å²) in [5.41, 5.74) is 6.25. The molecule has 0 saturated heterocycles. The Morgan fingerprint density at radius 3 is 2.79 bits per heavy atom. The predicted molar refractivity (Wildman–Crippen MR) is 56.9 cm³/mol. The summed E-state index contributed by atoms with van der Waals surface area (Å²) in [6, 6.07) is 4.48. The molecule has 0 aliphatic heterocycles. The fourth-order valence-electron chi connectivity index (χ4n) is 1.05. The molecule has 0 fully saturated rings. The number of hydrogen-bond donors (Lipinski definition) is 1. The molecule has 0 radical (unpaired) electrons. The number of nitrogens with zero attached hydrogens (tertiary/aromatic N) is 1. The van der Waals surface area contributed by atoms with Crippen LogP contribution in [0.3, 0.4) is 0 Å². The number of benzene rings is 1. The minimum Gasteiger partial charge on any atom is -0.383 e. The lowest BCUT2D eigenvalue weighted by Gasteiger charge is -1.97. The summed E-state index contributed by atoms with van der Waals surface area (Å²) in [5, 5.41) is 2.56. The zero-order valence-electron chi connectivity index (χ0n) is 7.00. The van der Waals surface area contributed by atoms with E-state index in [1.165, 1.54) is 23.5 Å². The Labute approximate surface area is 89.2 Å². The van der Waals surface area contributed by atoms with E-state index >= 15 is 0 Å². The van der Waals surface area contributed by atoms with Crippen molar-refractivity contribution in [2.45, 2.75) is 0 Å². The van der Waals surface area contributed by atoms with Crippen molar-refractivity contribution in [3.8, 4) is 10.6 Å². The lowest BCUT2D eigenvalue weighted by molar-refractivity contribution is 0.628. The third-order valence-corrected chi connectivity index (χ3v) is 2.89. The van der Waals surface area contributed by atoms with E-state index in [1.54, 1.807) is 11.4 Å². The van der Waals surface area contributed by atoms with E-state index in [0.717, 1.165) is 10.6 Å². The van der Waals surface area contributed by atoms with E-state index in [-0.39, 0.29) is 5.02 Å². The van der Waals surface area contributed by atoms with Crippen LogP contribution in [-0.4, -0.2) is 4.98 Å². The topological polar surface area (TPSA) is 38.9 Å². The normalized spacial score (nSPS) is 10.4. The van der Waals surface area contributed by atoms with Crippen molar-refractivity contribution in [3.63, 3.8) is 0 Å². The summed E-state index contributed by atoms with van der Waals surface area (Å²) in [6.45, 7) is 0. The molecule has 0 atom stereocenters. The van der Waals surface area contributed by atoms with Crippen molar-refractivity contribution in [2.75, 3.05) is 5.73 Å². The van der Waals surface area contributed by atoms with Gasteiger partial charge in [0.2, 0.25) is 0 Å². The van der Waals surface area contributed by atoms with Crippen molar-refractivity contribution in [1.82, 2.24) is 4.98 Å². The van der Waals surface area contributed by atoms with E-state index in [0.29, 0.717) is 5.82 Å². The molecule has 0 bridgehead atoms. The lowest BCUT2D eigenvalue weighted by atomic mass is 10.2.